The minimum atomic E-state index is 0.250. The summed E-state index contributed by atoms with van der Waals surface area (Å²) >= 11 is 6.14. The summed E-state index contributed by atoms with van der Waals surface area (Å²) in [4.78, 5) is 17.7. The summed E-state index contributed by atoms with van der Waals surface area (Å²) in [6, 6.07) is 14.4. The minimum Gasteiger partial charge on any atom is -0.372 e. The molecule has 0 bridgehead atoms. The number of rotatable bonds is 3. The van der Waals surface area contributed by atoms with Crippen LogP contribution < -0.4 is 5.73 Å². The Morgan fingerprint density at radius 3 is 2.54 bits per heavy atom. The Bertz CT molecular complexity index is 923. The fourth-order valence-corrected chi connectivity index (χ4v) is 3.06. The van der Waals surface area contributed by atoms with Gasteiger partial charge in [0.15, 0.2) is 0 Å². The van der Waals surface area contributed by atoms with Crippen LogP contribution in [0.25, 0.3) is 22.3 Å². The highest BCUT2D eigenvalue weighted by molar-refractivity contribution is 6.30. The molecular weight excluding hydrogens is 346 g/mol. The first kappa shape index (κ1) is 18.1. The molecule has 1 aromatic carbocycles. The average molecular weight is 366 g/mol. The topological polar surface area (TPSA) is 68.9 Å². The molecule has 3 aromatic rings. The molecule has 1 saturated carbocycles. The van der Waals surface area contributed by atoms with Crippen LogP contribution in [0, 0.1) is 6.92 Å². The smallest absolute Gasteiger partial charge is 0.204 e. The van der Waals surface area contributed by atoms with Gasteiger partial charge in [0.1, 0.15) is 0 Å². The second-order valence-electron chi connectivity index (χ2n) is 6.25. The molecule has 0 saturated heterocycles. The molecule has 0 radical (unpaired) electrons. The van der Waals surface area contributed by atoms with Gasteiger partial charge in [0, 0.05) is 45.8 Å². The summed E-state index contributed by atoms with van der Waals surface area (Å²) in [6.45, 7) is 2.03. The van der Waals surface area contributed by atoms with Crippen molar-refractivity contribution in [3.63, 3.8) is 0 Å². The average Bonchev–Trinajstić information content (AvgIpc) is 3.48. The lowest BCUT2D eigenvalue weighted by atomic mass is 9.99. The van der Waals surface area contributed by atoms with Crippen molar-refractivity contribution in [2.75, 3.05) is 0 Å². The number of hydrogen-bond donors (Lipinski definition) is 1. The van der Waals surface area contributed by atoms with E-state index >= 15 is 0 Å². The van der Waals surface area contributed by atoms with Crippen LogP contribution >= 0.6 is 11.6 Å². The van der Waals surface area contributed by atoms with Gasteiger partial charge in [-0.05, 0) is 61.2 Å². The molecule has 5 heteroatoms. The van der Waals surface area contributed by atoms with Crippen LogP contribution in [0.3, 0.4) is 0 Å². The number of nitrogens with zero attached hydrogens (tertiary/aromatic N) is 2. The zero-order valence-corrected chi connectivity index (χ0v) is 15.3. The summed E-state index contributed by atoms with van der Waals surface area (Å²) in [5.74, 6) is 0.653. The van der Waals surface area contributed by atoms with Crippen molar-refractivity contribution >= 4 is 18.0 Å². The van der Waals surface area contributed by atoms with Crippen LogP contribution in [0.15, 0.2) is 54.9 Å². The Kier molecular flexibility index (Phi) is 5.64. The van der Waals surface area contributed by atoms with E-state index in [9.17, 15) is 0 Å². The van der Waals surface area contributed by atoms with Crippen molar-refractivity contribution in [1.29, 1.82) is 0 Å². The van der Waals surface area contributed by atoms with Gasteiger partial charge in [0.05, 0.1) is 0 Å². The SMILES string of the molecule is Cc1ncc(-c2ccnc(C3CC3)c2)cc1-c1cccc(Cl)c1.NC=O. The fourth-order valence-electron chi connectivity index (χ4n) is 2.87. The zero-order chi connectivity index (χ0) is 18.5. The highest BCUT2D eigenvalue weighted by Crippen LogP contribution is 2.40. The van der Waals surface area contributed by atoms with Crippen molar-refractivity contribution in [3.8, 4) is 22.3 Å². The predicted octanol–water partition coefficient (Wildman–Crippen LogP) is 4.75. The number of carbonyl (C=O) groups is 1. The summed E-state index contributed by atoms with van der Waals surface area (Å²) in [5, 5.41) is 0.743. The number of amides is 1. The number of benzene rings is 1. The largest absolute Gasteiger partial charge is 0.372 e. The lowest BCUT2D eigenvalue weighted by molar-refractivity contribution is -0.106. The second kappa shape index (κ2) is 8.11. The number of halogens is 1. The van der Waals surface area contributed by atoms with Gasteiger partial charge >= 0.3 is 0 Å². The number of hydrogen-bond acceptors (Lipinski definition) is 3. The second-order valence-corrected chi connectivity index (χ2v) is 6.68. The van der Waals surface area contributed by atoms with Crippen LogP contribution in [0.4, 0.5) is 0 Å². The first-order chi connectivity index (χ1) is 12.6. The first-order valence-corrected chi connectivity index (χ1v) is 8.84. The summed E-state index contributed by atoms with van der Waals surface area (Å²) < 4.78 is 0. The number of aromatic nitrogens is 2. The molecule has 1 fully saturated rings. The third kappa shape index (κ3) is 4.27. The lowest BCUT2D eigenvalue weighted by Gasteiger charge is -2.10. The molecule has 1 aliphatic carbocycles. The van der Waals surface area contributed by atoms with Gasteiger partial charge in [-0.15, -0.1) is 0 Å². The van der Waals surface area contributed by atoms with Crippen LogP contribution in [0.1, 0.15) is 30.1 Å². The number of primary amides is 1. The molecule has 1 aliphatic rings. The molecule has 0 unspecified atom stereocenters. The third-order valence-electron chi connectivity index (χ3n) is 4.33. The Balaban J connectivity index is 0.000000613. The van der Waals surface area contributed by atoms with Gasteiger partial charge in [-0.3, -0.25) is 14.8 Å². The summed E-state index contributed by atoms with van der Waals surface area (Å²) in [6.07, 6.45) is 6.62. The quantitative estimate of drug-likeness (QED) is 0.681. The Morgan fingerprint density at radius 2 is 1.85 bits per heavy atom. The van der Waals surface area contributed by atoms with E-state index in [2.05, 4.69) is 40.0 Å². The minimum absolute atomic E-state index is 0.250. The van der Waals surface area contributed by atoms with Crippen LogP contribution in [0.5, 0.6) is 0 Å². The van der Waals surface area contributed by atoms with Gasteiger partial charge in [-0.25, -0.2) is 0 Å². The lowest BCUT2D eigenvalue weighted by Crippen LogP contribution is -1.92. The van der Waals surface area contributed by atoms with Crippen LogP contribution in [0.2, 0.25) is 5.02 Å². The van der Waals surface area contributed by atoms with E-state index in [0.717, 1.165) is 27.4 Å². The Labute approximate surface area is 158 Å². The number of aryl methyl sites for hydroxylation is 1. The van der Waals surface area contributed by atoms with E-state index in [-0.39, 0.29) is 6.41 Å². The van der Waals surface area contributed by atoms with Gasteiger partial charge in [-0.2, -0.15) is 0 Å². The maximum atomic E-state index is 8.58. The molecule has 0 aliphatic heterocycles. The highest BCUT2D eigenvalue weighted by atomic mass is 35.5. The molecule has 2 heterocycles. The van der Waals surface area contributed by atoms with Gasteiger partial charge in [-0.1, -0.05) is 23.7 Å². The molecule has 4 rings (SSSR count). The predicted molar refractivity (Wildman–Crippen MR) is 105 cm³/mol. The number of pyridine rings is 2. The van der Waals surface area contributed by atoms with Crippen molar-refractivity contribution in [1.82, 2.24) is 9.97 Å². The molecule has 0 spiro atoms. The van der Waals surface area contributed by atoms with Crippen LogP contribution in [-0.4, -0.2) is 16.4 Å². The van der Waals surface area contributed by atoms with E-state index in [4.69, 9.17) is 16.4 Å². The van der Waals surface area contributed by atoms with E-state index < -0.39 is 0 Å². The first-order valence-electron chi connectivity index (χ1n) is 8.46. The Hall–Kier alpha value is -2.72. The van der Waals surface area contributed by atoms with E-state index in [0.29, 0.717) is 5.92 Å². The van der Waals surface area contributed by atoms with Crippen LogP contribution in [-0.2, 0) is 4.79 Å². The van der Waals surface area contributed by atoms with Gasteiger partial charge in [0.2, 0.25) is 6.41 Å². The maximum Gasteiger partial charge on any atom is 0.204 e. The van der Waals surface area contributed by atoms with Crippen molar-refractivity contribution in [2.45, 2.75) is 25.7 Å². The molecule has 1 amide bonds. The maximum absolute atomic E-state index is 8.58. The van der Waals surface area contributed by atoms with E-state index in [1.54, 1.807) is 0 Å². The van der Waals surface area contributed by atoms with E-state index in [1.807, 2.05) is 37.5 Å². The number of nitrogens with two attached hydrogens (primary N) is 1. The molecule has 0 atom stereocenters. The highest BCUT2D eigenvalue weighted by Gasteiger charge is 2.25. The van der Waals surface area contributed by atoms with Crippen molar-refractivity contribution in [3.05, 3.63) is 71.3 Å². The molecule has 26 heavy (non-hydrogen) atoms. The molecular formula is C21H20ClN3O. The molecule has 2 aromatic heterocycles. The van der Waals surface area contributed by atoms with Crippen molar-refractivity contribution in [2.24, 2.45) is 5.73 Å². The van der Waals surface area contributed by atoms with E-state index in [1.165, 1.54) is 24.1 Å². The summed E-state index contributed by atoms with van der Waals surface area (Å²) in [7, 11) is 0. The monoisotopic (exact) mass is 365 g/mol. The third-order valence-corrected chi connectivity index (χ3v) is 4.57. The Morgan fingerprint density at radius 1 is 1.08 bits per heavy atom. The number of carbonyl (C=O) groups excluding carboxylic acids is 1. The van der Waals surface area contributed by atoms with Gasteiger partial charge < -0.3 is 5.73 Å². The van der Waals surface area contributed by atoms with Gasteiger partial charge in [0.25, 0.3) is 0 Å². The molecule has 4 nitrogen and oxygen atoms in total. The normalized spacial score (nSPS) is 12.8. The summed E-state index contributed by atoms with van der Waals surface area (Å²) in [5.41, 5.74) is 10.9. The molecule has 2 N–H and O–H groups in total. The molecule has 132 valence electrons. The fraction of sp³-hybridized carbons (Fsp3) is 0.190. The standard InChI is InChI=1S/C20H17ClN2.CH3NO/c1-13-19(16-3-2-4-18(21)9-16)10-17(12-23-13)15-7-8-22-20(11-15)14-5-6-14;2-1-3/h2-4,7-12,14H,5-6H2,1H3;1H,(H2,2,3). The zero-order valence-electron chi connectivity index (χ0n) is 14.5. The van der Waals surface area contributed by atoms with Crippen molar-refractivity contribution < 1.29 is 4.79 Å².